The standard InChI is InChI=1S/C19H18N4O4S/c1-26-14-6-4-13(5-7-14)23-9-8-22(19(23)25)11-17(24)21-18-20-15(12-28-18)16-3-2-10-27-16/h2-7,10,12H,8-9,11H2,1H3,(H,20,21,24). The molecule has 3 heterocycles. The fourth-order valence-electron chi connectivity index (χ4n) is 2.93. The van der Waals surface area contributed by atoms with E-state index in [9.17, 15) is 9.59 Å². The number of urea groups is 1. The maximum Gasteiger partial charge on any atom is 0.325 e. The Morgan fingerprint density at radius 1 is 1.29 bits per heavy atom. The van der Waals surface area contributed by atoms with Crippen molar-refractivity contribution in [2.75, 3.05) is 37.0 Å². The lowest BCUT2D eigenvalue weighted by Gasteiger charge is -2.18. The first-order chi connectivity index (χ1) is 13.6. The number of hydrogen-bond acceptors (Lipinski definition) is 6. The van der Waals surface area contributed by atoms with Crippen LogP contribution >= 0.6 is 11.3 Å². The van der Waals surface area contributed by atoms with E-state index < -0.39 is 0 Å². The number of thiazole rings is 1. The normalized spacial score (nSPS) is 13.8. The predicted molar refractivity (Wildman–Crippen MR) is 106 cm³/mol. The molecular formula is C19H18N4O4S. The van der Waals surface area contributed by atoms with E-state index in [0.717, 1.165) is 11.4 Å². The van der Waals surface area contributed by atoms with Crippen molar-refractivity contribution in [2.45, 2.75) is 0 Å². The Kier molecular flexibility index (Phi) is 4.98. The van der Waals surface area contributed by atoms with Crippen molar-refractivity contribution in [3.63, 3.8) is 0 Å². The topological polar surface area (TPSA) is 87.9 Å². The molecule has 1 aromatic carbocycles. The summed E-state index contributed by atoms with van der Waals surface area (Å²) in [6.45, 7) is 0.979. The number of amides is 3. The molecule has 3 aromatic rings. The molecule has 2 aromatic heterocycles. The monoisotopic (exact) mass is 398 g/mol. The number of methoxy groups -OCH3 is 1. The summed E-state index contributed by atoms with van der Waals surface area (Å²) in [6.07, 6.45) is 1.57. The van der Waals surface area contributed by atoms with Gasteiger partial charge in [-0.15, -0.1) is 11.3 Å². The number of nitrogens with zero attached hydrogens (tertiary/aromatic N) is 3. The van der Waals surface area contributed by atoms with Crippen LogP contribution in [0.1, 0.15) is 0 Å². The highest BCUT2D eigenvalue weighted by Crippen LogP contribution is 2.26. The molecule has 0 bridgehead atoms. The first-order valence-electron chi connectivity index (χ1n) is 8.64. The minimum absolute atomic E-state index is 0.0266. The molecule has 1 saturated heterocycles. The van der Waals surface area contributed by atoms with Crippen LogP contribution < -0.4 is 15.0 Å². The van der Waals surface area contributed by atoms with E-state index in [1.807, 2.05) is 12.1 Å². The molecule has 144 valence electrons. The van der Waals surface area contributed by atoms with Gasteiger partial charge in [-0.05, 0) is 36.4 Å². The van der Waals surface area contributed by atoms with E-state index in [1.165, 1.54) is 16.2 Å². The van der Waals surface area contributed by atoms with Gasteiger partial charge in [-0.2, -0.15) is 0 Å². The molecule has 0 spiro atoms. The van der Waals surface area contributed by atoms with Gasteiger partial charge in [0, 0.05) is 24.2 Å². The molecule has 28 heavy (non-hydrogen) atoms. The first-order valence-corrected chi connectivity index (χ1v) is 9.52. The highest BCUT2D eigenvalue weighted by molar-refractivity contribution is 7.14. The summed E-state index contributed by atoms with van der Waals surface area (Å²) in [5, 5.41) is 5.01. The number of rotatable bonds is 6. The molecule has 3 amide bonds. The number of carbonyl (C=O) groups is 2. The minimum Gasteiger partial charge on any atom is -0.497 e. The zero-order chi connectivity index (χ0) is 19.5. The summed E-state index contributed by atoms with van der Waals surface area (Å²) >= 11 is 1.31. The van der Waals surface area contributed by atoms with E-state index in [0.29, 0.717) is 29.7 Å². The second-order valence-corrected chi connectivity index (χ2v) is 6.98. The van der Waals surface area contributed by atoms with Crippen molar-refractivity contribution in [3.8, 4) is 17.2 Å². The van der Waals surface area contributed by atoms with Crippen LogP contribution in [0.4, 0.5) is 15.6 Å². The quantitative estimate of drug-likeness (QED) is 0.688. The van der Waals surface area contributed by atoms with Gasteiger partial charge in [-0.1, -0.05) is 0 Å². The molecule has 0 saturated carbocycles. The molecule has 0 radical (unpaired) electrons. The van der Waals surface area contributed by atoms with E-state index in [2.05, 4.69) is 10.3 Å². The van der Waals surface area contributed by atoms with Crippen LogP contribution in [-0.4, -0.2) is 48.6 Å². The fraction of sp³-hybridized carbons (Fsp3) is 0.211. The smallest absolute Gasteiger partial charge is 0.325 e. The van der Waals surface area contributed by atoms with Crippen LogP contribution in [0.5, 0.6) is 5.75 Å². The van der Waals surface area contributed by atoms with Gasteiger partial charge in [0.2, 0.25) is 5.91 Å². The van der Waals surface area contributed by atoms with Crippen molar-refractivity contribution in [2.24, 2.45) is 0 Å². The van der Waals surface area contributed by atoms with Crippen molar-refractivity contribution in [3.05, 3.63) is 48.0 Å². The van der Waals surface area contributed by atoms with Gasteiger partial charge in [-0.25, -0.2) is 9.78 Å². The Bertz CT molecular complexity index is 968. The van der Waals surface area contributed by atoms with Gasteiger partial charge >= 0.3 is 6.03 Å². The Balaban J connectivity index is 1.35. The average molecular weight is 398 g/mol. The second kappa shape index (κ2) is 7.73. The van der Waals surface area contributed by atoms with Crippen molar-refractivity contribution in [1.29, 1.82) is 0 Å². The number of aromatic nitrogens is 1. The Labute approximate surface area is 165 Å². The zero-order valence-corrected chi connectivity index (χ0v) is 15.9. The maximum absolute atomic E-state index is 12.6. The summed E-state index contributed by atoms with van der Waals surface area (Å²) < 4.78 is 10.4. The second-order valence-electron chi connectivity index (χ2n) is 6.12. The molecule has 0 aliphatic carbocycles. The molecular weight excluding hydrogens is 380 g/mol. The summed E-state index contributed by atoms with van der Waals surface area (Å²) in [7, 11) is 1.59. The summed E-state index contributed by atoms with van der Waals surface area (Å²) in [4.78, 5) is 32.5. The van der Waals surface area contributed by atoms with Crippen LogP contribution in [0.2, 0.25) is 0 Å². The summed E-state index contributed by atoms with van der Waals surface area (Å²) in [5.41, 5.74) is 1.44. The van der Waals surface area contributed by atoms with E-state index in [4.69, 9.17) is 9.15 Å². The Morgan fingerprint density at radius 2 is 2.11 bits per heavy atom. The maximum atomic E-state index is 12.6. The molecule has 8 nitrogen and oxygen atoms in total. The molecule has 0 atom stereocenters. The molecule has 9 heteroatoms. The lowest BCUT2D eigenvalue weighted by molar-refractivity contribution is -0.116. The predicted octanol–water partition coefficient (Wildman–Crippen LogP) is 3.29. The van der Waals surface area contributed by atoms with Gasteiger partial charge < -0.3 is 19.4 Å². The van der Waals surface area contributed by atoms with Crippen LogP contribution in [0.25, 0.3) is 11.5 Å². The van der Waals surface area contributed by atoms with Gasteiger partial charge in [0.05, 0.1) is 13.4 Å². The molecule has 1 aliphatic rings. The first kappa shape index (κ1) is 18.1. The number of nitrogens with one attached hydrogen (secondary N) is 1. The van der Waals surface area contributed by atoms with Gasteiger partial charge in [0.15, 0.2) is 10.9 Å². The highest BCUT2D eigenvalue weighted by Gasteiger charge is 2.31. The highest BCUT2D eigenvalue weighted by atomic mass is 32.1. The molecule has 4 rings (SSSR count). The van der Waals surface area contributed by atoms with E-state index in [-0.39, 0.29) is 18.5 Å². The molecule has 0 unspecified atom stereocenters. The number of anilines is 2. The summed E-state index contributed by atoms with van der Waals surface area (Å²) in [5.74, 6) is 1.08. The van der Waals surface area contributed by atoms with Crippen molar-refractivity contribution < 1.29 is 18.7 Å². The third-order valence-electron chi connectivity index (χ3n) is 4.34. The number of furan rings is 1. The number of benzene rings is 1. The van der Waals surface area contributed by atoms with Crippen molar-refractivity contribution >= 4 is 34.1 Å². The van der Waals surface area contributed by atoms with E-state index >= 15 is 0 Å². The van der Waals surface area contributed by atoms with Gasteiger partial charge in [-0.3, -0.25) is 9.69 Å². The Hall–Kier alpha value is -3.33. The summed E-state index contributed by atoms with van der Waals surface area (Å²) in [6, 6.07) is 10.6. The van der Waals surface area contributed by atoms with Gasteiger partial charge in [0.1, 0.15) is 18.0 Å². The van der Waals surface area contributed by atoms with Crippen LogP contribution in [0.3, 0.4) is 0 Å². The van der Waals surface area contributed by atoms with Gasteiger partial charge in [0.25, 0.3) is 0 Å². The van der Waals surface area contributed by atoms with Crippen LogP contribution in [0, 0.1) is 0 Å². The Morgan fingerprint density at radius 3 is 2.82 bits per heavy atom. The minimum atomic E-state index is -0.287. The SMILES string of the molecule is COc1ccc(N2CCN(CC(=O)Nc3nc(-c4ccco4)cs3)C2=O)cc1. The van der Waals surface area contributed by atoms with Crippen molar-refractivity contribution in [1.82, 2.24) is 9.88 Å². The third-order valence-corrected chi connectivity index (χ3v) is 5.10. The third kappa shape index (κ3) is 3.70. The molecule has 1 aliphatic heterocycles. The number of ether oxygens (including phenoxy) is 1. The van der Waals surface area contributed by atoms with E-state index in [1.54, 1.807) is 47.9 Å². The number of carbonyl (C=O) groups excluding carboxylic acids is 2. The molecule has 1 N–H and O–H groups in total. The molecule has 1 fully saturated rings. The average Bonchev–Trinajstić information content (AvgIpc) is 3.44. The largest absolute Gasteiger partial charge is 0.497 e. The van der Waals surface area contributed by atoms with Crippen LogP contribution in [-0.2, 0) is 4.79 Å². The fourth-order valence-corrected chi connectivity index (χ4v) is 3.65. The zero-order valence-electron chi connectivity index (χ0n) is 15.1. The van der Waals surface area contributed by atoms with Crippen LogP contribution in [0.15, 0.2) is 52.5 Å². The lowest BCUT2D eigenvalue weighted by Crippen LogP contribution is -2.37. The number of hydrogen-bond donors (Lipinski definition) is 1. The lowest BCUT2D eigenvalue weighted by atomic mass is 10.3.